The quantitative estimate of drug-likeness (QED) is 0.802. The highest BCUT2D eigenvalue weighted by molar-refractivity contribution is 6.30. The molecule has 2 aromatic heterocycles. The van der Waals surface area contributed by atoms with Crippen LogP contribution in [0.25, 0.3) is 0 Å². The van der Waals surface area contributed by atoms with Crippen LogP contribution in [-0.4, -0.2) is 48.3 Å². The van der Waals surface area contributed by atoms with Crippen molar-refractivity contribution in [1.82, 2.24) is 15.0 Å². The van der Waals surface area contributed by atoms with Crippen molar-refractivity contribution < 1.29 is 4.74 Å². The summed E-state index contributed by atoms with van der Waals surface area (Å²) in [6, 6.07) is 3.90. The number of pyridine rings is 1. The minimum Gasteiger partial charge on any atom is -0.378 e. The van der Waals surface area contributed by atoms with Crippen LogP contribution in [0.4, 0.5) is 17.5 Å². The lowest BCUT2D eigenvalue weighted by Gasteiger charge is -2.29. The van der Waals surface area contributed by atoms with Gasteiger partial charge in [0.1, 0.15) is 11.0 Å². The Balaban J connectivity index is 2.01. The van der Waals surface area contributed by atoms with Gasteiger partial charge in [-0.3, -0.25) is 4.98 Å². The first-order chi connectivity index (χ1) is 11.2. The molecule has 0 bridgehead atoms. The Kier molecular flexibility index (Phi) is 4.93. The lowest BCUT2D eigenvalue weighted by molar-refractivity contribution is 0.122. The van der Waals surface area contributed by atoms with Gasteiger partial charge in [-0.25, -0.2) is 4.98 Å². The van der Waals surface area contributed by atoms with E-state index in [9.17, 15) is 0 Å². The highest BCUT2D eigenvalue weighted by Crippen LogP contribution is 2.31. The maximum Gasteiger partial charge on any atom is 0.228 e. The molecule has 23 heavy (non-hydrogen) atoms. The highest BCUT2D eigenvalue weighted by atomic mass is 35.5. The summed E-state index contributed by atoms with van der Waals surface area (Å²) in [5, 5.41) is 0.509. The van der Waals surface area contributed by atoms with E-state index < -0.39 is 0 Å². The third-order valence-electron chi connectivity index (χ3n) is 3.92. The molecule has 7 heteroatoms. The van der Waals surface area contributed by atoms with E-state index in [-0.39, 0.29) is 0 Å². The molecular weight excluding hydrogens is 314 g/mol. The van der Waals surface area contributed by atoms with Gasteiger partial charge in [0.05, 0.1) is 25.1 Å². The Morgan fingerprint density at radius 2 is 2.09 bits per heavy atom. The minimum atomic E-state index is 0.509. The van der Waals surface area contributed by atoms with Crippen LogP contribution in [0.1, 0.15) is 12.5 Å². The summed E-state index contributed by atoms with van der Waals surface area (Å²) in [5.74, 6) is 1.48. The number of hydrogen-bond acceptors (Lipinski definition) is 6. The van der Waals surface area contributed by atoms with Crippen LogP contribution in [0.5, 0.6) is 0 Å². The smallest absolute Gasteiger partial charge is 0.228 e. The van der Waals surface area contributed by atoms with Crippen LogP contribution in [-0.2, 0) is 11.2 Å². The van der Waals surface area contributed by atoms with Gasteiger partial charge in [0.15, 0.2) is 0 Å². The Morgan fingerprint density at radius 1 is 1.30 bits per heavy atom. The Labute approximate surface area is 141 Å². The molecule has 0 aromatic carbocycles. The molecule has 0 N–H and O–H groups in total. The minimum absolute atomic E-state index is 0.509. The van der Waals surface area contributed by atoms with E-state index >= 15 is 0 Å². The predicted molar refractivity (Wildman–Crippen MR) is 91.8 cm³/mol. The first-order valence-corrected chi connectivity index (χ1v) is 8.11. The van der Waals surface area contributed by atoms with Crippen molar-refractivity contribution in [3.8, 4) is 0 Å². The molecule has 0 radical (unpaired) electrons. The monoisotopic (exact) mass is 333 g/mol. The number of nitrogens with zero attached hydrogens (tertiary/aromatic N) is 5. The second-order valence-electron chi connectivity index (χ2n) is 5.34. The third kappa shape index (κ3) is 3.38. The molecule has 1 aliphatic heterocycles. The van der Waals surface area contributed by atoms with Gasteiger partial charge < -0.3 is 14.5 Å². The van der Waals surface area contributed by atoms with Crippen molar-refractivity contribution >= 4 is 29.1 Å². The van der Waals surface area contributed by atoms with Crippen molar-refractivity contribution in [3.63, 3.8) is 0 Å². The Hall–Kier alpha value is -1.92. The summed E-state index contributed by atoms with van der Waals surface area (Å²) in [7, 11) is 1.97. The fourth-order valence-corrected chi connectivity index (χ4v) is 2.89. The number of anilines is 3. The van der Waals surface area contributed by atoms with Crippen LogP contribution in [0.15, 0.2) is 24.5 Å². The average Bonchev–Trinajstić information content (AvgIpc) is 2.62. The van der Waals surface area contributed by atoms with Crippen LogP contribution in [0, 0.1) is 0 Å². The van der Waals surface area contributed by atoms with Gasteiger partial charge in [-0.15, -0.1) is 0 Å². The fourth-order valence-electron chi connectivity index (χ4n) is 2.60. The maximum atomic E-state index is 6.43. The van der Waals surface area contributed by atoms with Gasteiger partial charge in [0.2, 0.25) is 5.95 Å². The van der Waals surface area contributed by atoms with Gasteiger partial charge in [-0.2, -0.15) is 4.98 Å². The first kappa shape index (κ1) is 16.0. The van der Waals surface area contributed by atoms with E-state index in [0.29, 0.717) is 24.3 Å². The molecule has 1 saturated heterocycles. The SMILES string of the molecule is CCc1c(Cl)nc(N2CCOCC2)nc1N(C)c1cccnc1. The van der Waals surface area contributed by atoms with Crippen molar-refractivity contribution in [3.05, 3.63) is 35.2 Å². The second-order valence-corrected chi connectivity index (χ2v) is 5.70. The number of aromatic nitrogens is 3. The standard InChI is InChI=1S/C16H20ClN5O/c1-3-13-14(17)19-16(22-7-9-23-10-8-22)20-15(13)21(2)12-5-4-6-18-11-12/h4-6,11H,3,7-10H2,1-2H3. The molecule has 0 unspecified atom stereocenters. The van der Waals surface area contributed by atoms with E-state index in [1.807, 2.05) is 30.3 Å². The number of ether oxygens (including phenoxy) is 1. The molecule has 0 saturated carbocycles. The zero-order chi connectivity index (χ0) is 16.2. The van der Waals surface area contributed by atoms with Crippen molar-refractivity contribution in [1.29, 1.82) is 0 Å². The fraction of sp³-hybridized carbons (Fsp3) is 0.438. The molecule has 2 aromatic rings. The summed E-state index contributed by atoms with van der Waals surface area (Å²) < 4.78 is 5.39. The molecule has 1 fully saturated rings. The van der Waals surface area contributed by atoms with Gasteiger partial charge in [-0.1, -0.05) is 18.5 Å². The lowest BCUT2D eigenvalue weighted by Crippen LogP contribution is -2.37. The number of hydrogen-bond donors (Lipinski definition) is 0. The third-order valence-corrected chi connectivity index (χ3v) is 4.23. The van der Waals surface area contributed by atoms with Crippen LogP contribution >= 0.6 is 11.6 Å². The summed E-state index contributed by atoms with van der Waals surface area (Å²) in [6.45, 7) is 4.98. The molecule has 0 aliphatic carbocycles. The molecule has 3 rings (SSSR count). The normalized spacial score (nSPS) is 14.8. The molecule has 122 valence electrons. The van der Waals surface area contributed by atoms with E-state index in [1.54, 1.807) is 6.20 Å². The maximum absolute atomic E-state index is 6.43. The second kappa shape index (κ2) is 7.10. The van der Waals surface area contributed by atoms with Gasteiger partial charge in [0, 0.05) is 31.9 Å². The van der Waals surface area contributed by atoms with Crippen molar-refractivity contribution in [2.75, 3.05) is 43.2 Å². The van der Waals surface area contributed by atoms with Gasteiger partial charge in [0.25, 0.3) is 0 Å². The van der Waals surface area contributed by atoms with Gasteiger partial charge >= 0.3 is 0 Å². The molecule has 0 spiro atoms. The molecule has 0 amide bonds. The first-order valence-electron chi connectivity index (χ1n) is 7.73. The van der Waals surface area contributed by atoms with E-state index in [0.717, 1.165) is 36.6 Å². The van der Waals surface area contributed by atoms with Crippen LogP contribution < -0.4 is 9.80 Å². The molecular formula is C16H20ClN5O. The molecule has 1 aliphatic rings. The van der Waals surface area contributed by atoms with Gasteiger partial charge in [-0.05, 0) is 18.6 Å². The van der Waals surface area contributed by atoms with Crippen molar-refractivity contribution in [2.24, 2.45) is 0 Å². The predicted octanol–water partition coefficient (Wildman–Crippen LogP) is 2.69. The summed E-state index contributed by atoms with van der Waals surface area (Å²) in [6.07, 6.45) is 4.33. The topological polar surface area (TPSA) is 54.4 Å². The molecule has 0 atom stereocenters. The van der Waals surface area contributed by atoms with Crippen molar-refractivity contribution in [2.45, 2.75) is 13.3 Å². The number of morpholine rings is 1. The van der Waals surface area contributed by atoms with Crippen LogP contribution in [0.3, 0.4) is 0 Å². The molecule has 3 heterocycles. The van der Waals surface area contributed by atoms with E-state index in [2.05, 4.69) is 21.8 Å². The Bertz CT molecular complexity index is 661. The molecule has 6 nitrogen and oxygen atoms in total. The average molecular weight is 334 g/mol. The summed E-state index contributed by atoms with van der Waals surface area (Å²) in [5.41, 5.74) is 1.90. The van der Waals surface area contributed by atoms with Crippen LogP contribution in [0.2, 0.25) is 5.15 Å². The van der Waals surface area contributed by atoms with E-state index in [4.69, 9.17) is 21.3 Å². The number of halogens is 1. The highest BCUT2D eigenvalue weighted by Gasteiger charge is 2.20. The largest absolute Gasteiger partial charge is 0.378 e. The summed E-state index contributed by atoms with van der Waals surface area (Å²) >= 11 is 6.43. The van der Waals surface area contributed by atoms with E-state index in [1.165, 1.54) is 0 Å². The number of rotatable bonds is 4. The zero-order valence-electron chi connectivity index (χ0n) is 13.4. The zero-order valence-corrected chi connectivity index (χ0v) is 14.1. The lowest BCUT2D eigenvalue weighted by atomic mass is 10.2. The summed E-state index contributed by atoms with van der Waals surface area (Å²) in [4.78, 5) is 17.6. The Morgan fingerprint density at radius 3 is 2.74 bits per heavy atom.